The number of benzene rings is 1. The van der Waals surface area contributed by atoms with Crippen LogP contribution in [0, 0.1) is 5.92 Å². The summed E-state index contributed by atoms with van der Waals surface area (Å²) in [4.78, 5) is 0. The Hall–Kier alpha value is -1.26. The van der Waals surface area contributed by atoms with Gasteiger partial charge in [-0.25, -0.2) is 0 Å². The van der Waals surface area contributed by atoms with Crippen LogP contribution in [0.15, 0.2) is 18.2 Å². The van der Waals surface area contributed by atoms with E-state index in [2.05, 4.69) is 0 Å². The molecule has 0 radical (unpaired) electrons. The highest BCUT2D eigenvalue weighted by Gasteiger charge is 2.28. The largest absolute Gasteiger partial charge is 0.496 e. The average molecular weight is 252 g/mol. The van der Waals surface area contributed by atoms with Gasteiger partial charge in [0.25, 0.3) is 0 Å². The summed E-state index contributed by atoms with van der Waals surface area (Å²) >= 11 is 0. The van der Waals surface area contributed by atoms with Gasteiger partial charge < -0.3 is 19.3 Å². The van der Waals surface area contributed by atoms with E-state index < -0.39 is 6.10 Å². The fraction of sp³-hybridized carbons (Fsp3) is 0.571. The molecule has 1 aliphatic rings. The summed E-state index contributed by atoms with van der Waals surface area (Å²) in [5.41, 5.74) is 0.745. The lowest BCUT2D eigenvalue weighted by Gasteiger charge is -2.28. The minimum Gasteiger partial charge on any atom is -0.496 e. The van der Waals surface area contributed by atoms with E-state index in [4.69, 9.17) is 14.2 Å². The smallest absolute Gasteiger partial charge is 0.128 e. The first kappa shape index (κ1) is 13.2. The van der Waals surface area contributed by atoms with E-state index in [0.717, 1.165) is 18.4 Å². The van der Waals surface area contributed by atoms with Gasteiger partial charge in [0.2, 0.25) is 0 Å². The van der Waals surface area contributed by atoms with Crippen molar-refractivity contribution in [2.45, 2.75) is 18.9 Å². The quantitative estimate of drug-likeness (QED) is 0.892. The van der Waals surface area contributed by atoms with E-state index in [9.17, 15) is 5.11 Å². The molecule has 0 bridgehead atoms. The van der Waals surface area contributed by atoms with Crippen LogP contribution in [0.4, 0.5) is 0 Å². The van der Waals surface area contributed by atoms with Crippen LogP contribution in [0.25, 0.3) is 0 Å². The molecule has 4 heteroatoms. The van der Waals surface area contributed by atoms with Crippen LogP contribution in [0.3, 0.4) is 0 Å². The maximum atomic E-state index is 10.6. The van der Waals surface area contributed by atoms with E-state index in [1.807, 2.05) is 18.2 Å². The Morgan fingerprint density at radius 2 is 1.72 bits per heavy atom. The number of hydrogen-bond acceptors (Lipinski definition) is 4. The summed E-state index contributed by atoms with van der Waals surface area (Å²) in [7, 11) is 3.21. The van der Waals surface area contributed by atoms with Crippen molar-refractivity contribution < 1.29 is 19.3 Å². The maximum absolute atomic E-state index is 10.6. The topological polar surface area (TPSA) is 47.9 Å². The van der Waals surface area contributed by atoms with Crippen molar-refractivity contribution in [1.29, 1.82) is 0 Å². The molecule has 100 valence electrons. The molecule has 0 amide bonds. The third-order valence-corrected chi connectivity index (χ3v) is 3.47. The molecule has 18 heavy (non-hydrogen) atoms. The van der Waals surface area contributed by atoms with Crippen molar-refractivity contribution in [3.8, 4) is 11.5 Å². The standard InChI is InChI=1S/C14H20O4/c1-16-11-4-3-5-12(17-2)13(11)14(15)10-6-8-18-9-7-10/h3-5,10,14-15H,6-9H2,1-2H3. The van der Waals surface area contributed by atoms with Crippen molar-refractivity contribution in [3.63, 3.8) is 0 Å². The third kappa shape index (κ3) is 2.60. The van der Waals surface area contributed by atoms with Crippen LogP contribution in [0.1, 0.15) is 24.5 Å². The van der Waals surface area contributed by atoms with Crippen LogP contribution in [-0.4, -0.2) is 32.5 Å². The molecule has 1 atom stereocenters. The van der Waals surface area contributed by atoms with Crippen molar-refractivity contribution >= 4 is 0 Å². The lowest BCUT2D eigenvalue weighted by Crippen LogP contribution is -2.22. The second kappa shape index (κ2) is 6.07. The molecule has 1 fully saturated rings. The minimum atomic E-state index is -0.569. The molecular weight excluding hydrogens is 232 g/mol. The molecule has 0 spiro atoms. The van der Waals surface area contributed by atoms with Crippen molar-refractivity contribution in [3.05, 3.63) is 23.8 Å². The summed E-state index contributed by atoms with van der Waals surface area (Å²) in [6, 6.07) is 5.55. The lowest BCUT2D eigenvalue weighted by molar-refractivity contribution is 0.00551. The Morgan fingerprint density at radius 1 is 1.17 bits per heavy atom. The van der Waals surface area contributed by atoms with Gasteiger partial charge in [-0.1, -0.05) is 6.07 Å². The molecule has 1 aromatic carbocycles. The molecule has 0 saturated carbocycles. The Balaban J connectivity index is 2.29. The second-order valence-electron chi connectivity index (χ2n) is 4.47. The average Bonchev–Trinajstić information content (AvgIpc) is 2.46. The summed E-state index contributed by atoms with van der Waals surface area (Å²) in [5, 5.41) is 10.6. The summed E-state index contributed by atoms with van der Waals surface area (Å²) in [6.07, 6.45) is 1.16. The number of methoxy groups -OCH3 is 2. The van der Waals surface area contributed by atoms with Gasteiger partial charge in [-0.15, -0.1) is 0 Å². The molecule has 0 aromatic heterocycles. The highest BCUT2D eigenvalue weighted by molar-refractivity contribution is 5.46. The first-order chi connectivity index (χ1) is 8.77. The van der Waals surface area contributed by atoms with Crippen LogP contribution in [0.2, 0.25) is 0 Å². The van der Waals surface area contributed by atoms with Crippen molar-refractivity contribution in [2.24, 2.45) is 5.92 Å². The van der Waals surface area contributed by atoms with Gasteiger partial charge in [-0.05, 0) is 30.9 Å². The number of ether oxygens (including phenoxy) is 3. The van der Waals surface area contributed by atoms with Gasteiger partial charge in [-0.2, -0.15) is 0 Å². The normalized spacial score (nSPS) is 18.4. The predicted molar refractivity (Wildman–Crippen MR) is 68.0 cm³/mol. The molecule has 4 nitrogen and oxygen atoms in total. The Labute approximate surface area is 107 Å². The fourth-order valence-corrected chi connectivity index (χ4v) is 2.44. The molecule has 1 unspecified atom stereocenters. The van der Waals surface area contributed by atoms with E-state index in [-0.39, 0.29) is 5.92 Å². The SMILES string of the molecule is COc1cccc(OC)c1C(O)C1CCOCC1. The lowest BCUT2D eigenvalue weighted by atomic mass is 9.88. The Kier molecular flexibility index (Phi) is 4.44. The van der Waals surface area contributed by atoms with Gasteiger partial charge in [-0.3, -0.25) is 0 Å². The highest BCUT2D eigenvalue weighted by Crippen LogP contribution is 2.40. The van der Waals surface area contributed by atoms with Crippen LogP contribution in [-0.2, 0) is 4.74 Å². The molecule has 1 aromatic rings. The van der Waals surface area contributed by atoms with Gasteiger partial charge in [0.05, 0.1) is 25.9 Å². The summed E-state index contributed by atoms with van der Waals surface area (Å²) in [6.45, 7) is 1.42. The zero-order valence-electron chi connectivity index (χ0n) is 10.9. The predicted octanol–water partition coefficient (Wildman–Crippen LogP) is 2.16. The Bertz CT molecular complexity index is 363. The monoisotopic (exact) mass is 252 g/mol. The molecule has 0 aliphatic carbocycles. The van der Waals surface area contributed by atoms with E-state index in [1.165, 1.54) is 0 Å². The van der Waals surface area contributed by atoms with Gasteiger partial charge in [0.1, 0.15) is 11.5 Å². The van der Waals surface area contributed by atoms with E-state index in [1.54, 1.807) is 14.2 Å². The molecule has 1 aliphatic heterocycles. The fourth-order valence-electron chi connectivity index (χ4n) is 2.44. The van der Waals surface area contributed by atoms with Crippen LogP contribution >= 0.6 is 0 Å². The van der Waals surface area contributed by atoms with Crippen LogP contribution < -0.4 is 9.47 Å². The van der Waals surface area contributed by atoms with Crippen LogP contribution in [0.5, 0.6) is 11.5 Å². The van der Waals surface area contributed by atoms with Gasteiger partial charge in [0.15, 0.2) is 0 Å². The van der Waals surface area contributed by atoms with Gasteiger partial charge >= 0.3 is 0 Å². The highest BCUT2D eigenvalue weighted by atomic mass is 16.5. The number of aliphatic hydroxyl groups is 1. The molecule has 1 heterocycles. The molecule has 1 saturated heterocycles. The first-order valence-corrected chi connectivity index (χ1v) is 6.24. The Morgan fingerprint density at radius 3 is 2.22 bits per heavy atom. The summed E-state index contributed by atoms with van der Waals surface area (Å²) in [5.74, 6) is 1.55. The minimum absolute atomic E-state index is 0.198. The van der Waals surface area contributed by atoms with Crippen molar-refractivity contribution in [1.82, 2.24) is 0 Å². The number of rotatable bonds is 4. The molecule has 2 rings (SSSR count). The van der Waals surface area contributed by atoms with Crippen molar-refractivity contribution in [2.75, 3.05) is 27.4 Å². The second-order valence-corrected chi connectivity index (χ2v) is 4.47. The molecular formula is C14H20O4. The van der Waals surface area contributed by atoms with E-state index in [0.29, 0.717) is 24.7 Å². The van der Waals surface area contributed by atoms with E-state index >= 15 is 0 Å². The maximum Gasteiger partial charge on any atom is 0.128 e. The first-order valence-electron chi connectivity index (χ1n) is 6.24. The van der Waals surface area contributed by atoms with Gasteiger partial charge in [0, 0.05) is 13.2 Å². The number of hydrogen-bond donors (Lipinski definition) is 1. The number of aliphatic hydroxyl groups excluding tert-OH is 1. The summed E-state index contributed by atoms with van der Waals surface area (Å²) < 4.78 is 16.0. The third-order valence-electron chi connectivity index (χ3n) is 3.47. The molecule has 1 N–H and O–H groups in total. The zero-order chi connectivity index (χ0) is 13.0. The zero-order valence-corrected chi connectivity index (χ0v) is 10.9.